The molecule has 5 N–H and O–H groups in total. The molecule has 0 atom stereocenters. The molecule has 0 spiro atoms. The van der Waals surface area contributed by atoms with Crippen molar-refractivity contribution in [2.75, 3.05) is 18.4 Å². The Morgan fingerprint density at radius 3 is 2.52 bits per heavy atom. The lowest BCUT2D eigenvalue weighted by molar-refractivity contribution is -0.125. The summed E-state index contributed by atoms with van der Waals surface area (Å²) >= 11 is 0. The molecule has 3 amide bonds. The second-order valence-electron chi connectivity index (χ2n) is 6.28. The lowest BCUT2D eigenvalue weighted by Crippen LogP contribution is -2.39. The Balaban J connectivity index is 1.81. The van der Waals surface area contributed by atoms with E-state index in [1.807, 2.05) is 24.3 Å². The molecule has 0 aromatic heterocycles. The van der Waals surface area contributed by atoms with Crippen LogP contribution in [0.2, 0.25) is 0 Å². The molecule has 1 aromatic rings. The van der Waals surface area contributed by atoms with Crippen molar-refractivity contribution in [3.8, 4) is 0 Å². The molecule has 1 aliphatic carbocycles. The highest BCUT2D eigenvalue weighted by Gasteiger charge is 2.21. The van der Waals surface area contributed by atoms with E-state index in [1.165, 1.54) is 6.42 Å². The molecule has 7 nitrogen and oxygen atoms in total. The van der Waals surface area contributed by atoms with E-state index in [9.17, 15) is 14.4 Å². The Bertz CT molecular complexity index is 612. The molecule has 25 heavy (non-hydrogen) atoms. The highest BCUT2D eigenvalue weighted by Crippen LogP contribution is 2.25. The Morgan fingerprint density at radius 1 is 1.04 bits per heavy atom. The number of hydrogen-bond donors (Lipinski definition) is 4. The number of carbonyl (C=O) groups is 3. The first-order valence-corrected chi connectivity index (χ1v) is 8.71. The molecule has 1 fully saturated rings. The van der Waals surface area contributed by atoms with Crippen LogP contribution in [0.25, 0.3) is 0 Å². The van der Waals surface area contributed by atoms with Crippen molar-refractivity contribution in [3.05, 3.63) is 29.8 Å². The summed E-state index contributed by atoms with van der Waals surface area (Å²) in [5.74, 6) is -0.491. The first-order chi connectivity index (χ1) is 12.1. The van der Waals surface area contributed by atoms with E-state index in [0.717, 1.165) is 36.9 Å². The van der Waals surface area contributed by atoms with Crippen molar-refractivity contribution in [2.24, 2.45) is 11.7 Å². The van der Waals surface area contributed by atoms with Crippen LogP contribution in [0.5, 0.6) is 0 Å². The number of amides is 3. The fraction of sp³-hybridized carbons (Fsp3) is 0.500. The lowest BCUT2D eigenvalue weighted by Gasteiger charge is -2.20. The molecule has 0 saturated heterocycles. The molecule has 0 unspecified atom stereocenters. The number of rotatable bonds is 7. The van der Waals surface area contributed by atoms with Gasteiger partial charge in [-0.2, -0.15) is 0 Å². The molecular formula is C18H26N4O3. The fourth-order valence-corrected chi connectivity index (χ4v) is 2.88. The first-order valence-electron chi connectivity index (χ1n) is 8.71. The number of nitrogens with one attached hydrogen (secondary N) is 3. The molecule has 7 heteroatoms. The van der Waals surface area contributed by atoms with Gasteiger partial charge in [0.25, 0.3) is 0 Å². The van der Waals surface area contributed by atoms with Gasteiger partial charge < -0.3 is 21.7 Å². The van der Waals surface area contributed by atoms with Crippen molar-refractivity contribution in [3.63, 3.8) is 0 Å². The van der Waals surface area contributed by atoms with E-state index < -0.39 is 0 Å². The first kappa shape index (κ1) is 18.9. The van der Waals surface area contributed by atoms with Crippen LogP contribution in [0.3, 0.4) is 0 Å². The third-order valence-corrected chi connectivity index (χ3v) is 4.29. The van der Waals surface area contributed by atoms with Crippen molar-refractivity contribution in [1.29, 1.82) is 0 Å². The average Bonchev–Trinajstić information content (AvgIpc) is 2.65. The zero-order chi connectivity index (χ0) is 18.1. The summed E-state index contributed by atoms with van der Waals surface area (Å²) in [6, 6.07) is 7.40. The van der Waals surface area contributed by atoms with Crippen LogP contribution in [0, 0.1) is 5.92 Å². The van der Waals surface area contributed by atoms with Gasteiger partial charge in [-0.1, -0.05) is 31.4 Å². The van der Waals surface area contributed by atoms with Crippen LogP contribution in [0.1, 0.15) is 37.7 Å². The van der Waals surface area contributed by atoms with Crippen LogP contribution in [-0.4, -0.2) is 30.8 Å². The largest absolute Gasteiger partial charge is 0.350 e. The summed E-state index contributed by atoms with van der Waals surface area (Å²) in [6.45, 7) is 0.0780. The standard InChI is InChI=1S/C18H26N4O3/c19-10-16(23)21-12-17(24)20-11-13-5-4-8-15(9-13)22-18(25)14-6-2-1-3-7-14/h4-5,8-9,14H,1-3,6-7,10-12,19H2,(H,20,24)(H,21,23)(H,22,25). The van der Waals surface area contributed by atoms with E-state index in [2.05, 4.69) is 16.0 Å². The second-order valence-corrected chi connectivity index (χ2v) is 6.28. The Morgan fingerprint density at radius 2 is 1.80 bits per heavy atom. The lowest BCUT2D eigenvalue weighted by atomic mass is 9.88. The number of hydrogen-bond acceptors (Lipinski definition) is 4. The minimum atomic E-state index is -0.373. The zero-order valence-electron chi connectivity index (χ0n) is 14.3. The number of carbonyl (C=O) groups excluding carboxylic acids is 3. The summed E-state index contributed by atoms with van der Waals surface area (Å²) in [5, 5.41) is 8.09. The summed E-state index contributed by atoms with van der Waals surface area (Å²) in [4.78, 5) is 35.0. The van der Waals surface area contributed by atoms with Gasteiger partial charge in [0, 0.05) is 18.2 Å². The predicted molar refractivity (Wildman–Crippen MR) is 95.6 cm³/mol. The fourth-order valence-electron chi connectivity index (χ4n) is 2.88. The quantitative estimate of drug-likeness (QED) is 0.587. The van der Waals surface area contributed by atoms with Gasteiger partial charge in [0.15, 0.2) is 0 Å². The van der Waals surface area contributed by atoms with E-state index in [4.69, 9.17) is 5.73 Å². The van der Waals surface area contributed by atoms with Gasteiger partial charge in [-0.3, -0.25) is 14.4 Å². The molecule has 1 aromatic carbocycles. The average molecular weight is 346 g/mol. The number of nitrogens with two attached hydrogens (primary N) is 1. The molecule has 1 aliphatic rings. The van der Waals surface area contributed by atoms with Crippen LogP contribution >= 0.6 is 0 Å². The third-order valence-electron chi connectivity index (χ3n) is 4.29. The SMILES string of the molecule is NCC(=O)NCC(=O)NCc1cccc(NC(=O)C2CCCCC2)c1. The Hall–Kier alpha value is -2.41. The van der Waals surface area contributed by atoms with Crippen LogP contribution in [0.15, 0.2) is 24.3 Å². The van der Waals surface area contributed by atoms with Crippen molar-refractivity contribution >= 4 is 23.4 Å². The molecule has 0 aliphatic heterocycles. The van der Waals surface area contributed by atoms with Crippen molar-refractivity contribution < 1.29 is 14.4 Å². The van der Waals surface area contributed by atoms with Crippen LogP contribution in [-0.2, 0) is 20.9 Å². The normalized spacial score (nSPS) is 14.6. The van der Waals surface area contributed by atoms with Gasteiger partial charge in [0.1, 0.15) is 0 Å². The molecule has 0 bridgehead atoms. The highest BCUT2D eigenvalue weighted by atomic mass is 16.2. The van der Waals surface area contributed by atoms with E-state index >= 15 is 0 Å². The maximum atomic E-state index is 12.3. The summed E-state index contributed by atoms with van der Waals surface area (Å²) < 4.78 is 0. The molecule has 2 rings (SSSR count). The minimum Gasteiger partial charge on any atom is -0.350 e. The molecule has 0 heterocycles. The highest BCUT2D eigenvalue weighted by molar-refractivity contribution is 5.92. The molecular weight excluding hydrogens is 320 g/mol. The smallest absolute Gasteiger partial charge is 0.239 e. The third kappa shape index (κ3) is 6.54. The maximum Gasteiger partial charge on any atom is 0.239 e. The number of benzene rings is 1. The second kappa shape index (κ2) is 9.78. The Kier molecular flexibility index (Phi) is 7.40. The summed E-state index contributed by atoms with van der Waals surface area (Å²) in [5.41, 5.74) is 6.77. The maximum absolute atomic E-state index is 12.3. The summed E-state index contributed by atoms with van der Waals surface area (Å²) in [6.07, 6.45) is 5.35. The van der Waals surface area contributed by atoms with Crippen molar-refractivity contribution in [2.45, 2.75) is 38.6 Å². The van der Waals surface area contributed by atoms with E-state index in [-0.39, 0.29) is 36.7 Å². The zero-order valence-corrected chi connectivity index (χ0v) is 14.3. The van der Waals surface area contributed by atoms with Crippen molar-refractivity contribution in [1.82, 2.24) is 10.6 Å². The van der Waals surface area contributed by atoms with E-state index in [0.29, 0.717) is 6.54 Å². The number of anilines is 1. The van der Waals surface area contributed by atoms with E-state index in [1.54, 1.807) is 0 Å². The minimum absolute atomic E-state index is 0.0744. The molecule has 0 radical (unpaired) electrons. The van der Waals surface area contributed by atoms with Gasteiger partial charge >= 0.3 is 0 Å². The van der Waals surface area contributed by atoms with Gasteiger partial charge in [-0.25, -0.2) is 0 Å². The Labute approximate surface area is 147 Å². The van der Waals surface area contributed by atoms with Gasteiger partial charge in [-0.05, 0) is 30.5 Å². The van der Waals surface area contributed by atoms with Crippen LogP contribution < -0.4 is 21.7 Å². The van der Waals surface area contributed by atoms with Crippen LogP contribution in [0.4, 0.5) is 5.69 Å². The molecule has 136 valence electrons. The topological polar surface area (TPSA) is 113 Å². The molecule has 1 saturated carbocycles. The van der Waals surface area contributed by atoms with Gasteiger partial charge in [-0.15, -0.1) is 0 Å². The van der Waals surface area contributed by atoms with Gasteiger partial charge in [0.05, 0.1) is 13.1 Å². The monoisotopic (exact) mass is 346 g/mol. The van der Waals surface area contributed by atoms with Gasteiger partial charge in [0.2, 0.25) is 17.7 Å². The predicted octanol–water partition coefficient (Wildman–Crippen LogP) is 0.896. The summed E-state index contributed by atoms with van der Waals surface area (Å²) in [7, 11) is 0.